The molecule has 0 saturated heterocycles. The lowest BCUT2D eigenvalue weighted by molar-refractivity contribution is -0.147. The molecule has 10 heteroatoms. The summed E-state index contributed by atoms with van der Waals surface area (Å²) in [6.07, 6.45) is 53.3. The summed E-state index contributed by atoms with van der Waals surface area (Å²) in [6, 6.07) is 0. The van der Waals surface area contributed by atoms with E-state index < -0.39 is 26.5 Å². The zero-order chi connectivity index (χ0) is 43.2. The average molecular weight is 852 g/mol. The van der Waals surface area contributed by atoms with Crippen molar-refractivity contribution in [2.45, 2.75) is 225 Å². The lowest BCUT2D eigenvalue weighted by Gasteiger charge is -2.15. The van der Waals surface area contributed by atoms with Crippen molar-refractivity contribution in [2.24, 2.45) is 0 Å². The molecule has 0 saturated carbocycles. The first-order valence-corrected chi connectivity index (χ1v) is 25.6. The fraction of sp³-hybridized carbons (Fsp3) is 0.796. The van der Waals surface area contributed by atoms with Crippen molar-refractivity contribution in [2.75, 3.05) is 26.4 Å². The van der Waals surface area contributed by atoms with Gasteiger partial charge in [-0.05, 0) is 77.0 Å². The van der Waals surface area contributed by atoms with E-state index in [9.17, 15) is 24.2 Å². The summed E-state index contributed by atoms with van der Waals surface area (Å²) < 4.78 is 26.9. The van der Waals surface area contributed by atoms with E-state index in [1.54, 1.807) is 0 Å². The maximum atomic E-state index is 12.1. The smallest absolute Gasteiger partial charge is 0.463 e. The predicted molar refractivity (Wildman–Crippen MR) is 247 cm³/mol. The third-order valence-electron chi connectivity index (χ3n) is 10.2. The minimum absolute atomic E-state index is 0.0776. The fourth-order valence-corrected chi connectivity index (χ4v) is 7.32. The Labute approximate surface area is 362 Å². The van der Waals surface area contributed by atoms with E-state index in [1.807, 2.05) is 0 Å². The Morgan fingerprint density at radius 1 is 0.525 bits per heavy atom. The van der Waals surface area contributed by atoms with Crippen LogP contribution >= 0.6 is 7.82 Å². The Morgan fingerprint density at radius 2 is 0.915 bits per heavy atom. The number of amides is 1. The zero-order valence-corrected chi connectivity index (χ0v) is 38.8. The molecule has 59 heavy (non-hydrogen) atoms. The Balaban J connectivity index is 3.58. The van der Waals surface area contributed by atoms with Gasteiger partial charge in [0.25, 0.3) is 0 Å². The van der Waals surface area contributed by atoms with Gasteiger partial charge in [0.15, 0.2) is 0 Å². The van der Waals surface area contributed by atoms with Crippen molar-refractivity contribution in [1.82, 2.24) is 5.32 Å². The standard InChI is InChI=1S/C49H90NO8P/c1-3-5-7-9-11-13-15-17-19-20-21-22-23-24-25-26-28-29-31-33-35-37-39-41-48(52)50-43-44-57-59(54,55)58-46-47(51)45-56-49(53)42-40-38-36-34-32-30-27-18-16-14-12-10-8-6-4-2/h11,13,17-19,21-22,27,47,51H,3-10,12,14-16,20,23-26,28-46H2,1-2H3,(H,50,52)(H,54,55)/b13-11-,19-17-,22-21-,27-18-. The van der Waals surface area contributed by atoms with Gasteiger partial charge >= 0.3 is 13.8 Å². The van der Waals surface area contributed by atoms with Crippen LogP contribution in [0.15, 0.2) is 48.6 Å². The van der Waals surface area contributed by atoms with Crippen LogP contribution < -0.4 is 5.32 Å². The number of allylic oxidation sites excluding steroid dienone is 8. The van der Waals surface area contributed by atoms with Crippen molar-refractivity contribution in [3.8, 4) is 0 Å². The lowest BCUT2D eigenvalue weighted by Crippen LogP contribution is -2.27. The summed E-state index contributed by atoms with van der Waals surface area (Å²) in [6.45, 7) is 3.52. The molecule has 0 aliphatic carbocycles. The number of hydrogen-bond donors (Lipinski definition) is 3. The van der Waals surface area contributed by atoms with E-state index in [0.29, 0.717) is 6.42 Å². The molecule has 2 unspecified atom stereocenters. The highest BCUT2D eigenvalue weighted by molar-refractivity contribution is 7.47. The molecule has 0 heterocycles. The minimum Gasteiger partial charge on any atom is -0.463 e. The van der Waals surface area contributed by atoms with Crippen molar-refractivity contribution >= 4 is 19.7 Å². The number of carbonyl (C=O) groups is 2. The van der Waals surface area contributed by atoms with Crippen molar-refractivity contribution in [3.63, 3.8) is 0 Å². The summed E-state index contributed by atoms with van der Waals surface area (Å²) in [5.41, 5.74) is 0. The summed E-state index contributed by atoms with van der Waals surface area (Å²) in [5.74, 6) is -0.527. The molecule has 0 bridgehead atoms. The van der Waals surface area contributed by atoms with Crippen LogP contribution in [0.25, 0.3) is 0 Å². The topological polar surface area (TPSA) is 131 Å². The Morgan fingerprint density at radius 3 is 1.42 bits per heavy atom. The van der Waals surface area contributed by atoms with Gasteiger partial charge in [0.1, 0.15) is 12.7 Å². The monoisotopic (exact) mass is 852 g/mol. The summed E-state index contributed by atoms with van der Waals surface area (Å²) >= 11 is 0. The summed E-state index contributed by atoms with van der Waals surface area (Å²) in [7, 11) is -4.42. The lowest BCUT2D eigenvalue weighted by atomic mass is 10.0. The number of carbonyl (C=O) groups excluding carboxylic acids is 2. The summed E-state index contributed by atoms with van der Waals surface area (Å²) in [4.78, 5) is 34.0. The van der Waals surface area contributed by atoms with Crippen LogP contribution in [0.4, 0.5) is 0 Å². The first kappa shape index (κ1) is 57.0. The van der Waals surface area contributed by atoms with E-state index >= 15 is 0 Å². The second kappa shape index (κ2) is 45.5. The normalized spacial score (nSPS) is 13.6. The second-order valence-electron chi connectivity index (χ2n) is 16.1. The number of esters is 1. The van der Waals surface area contributed by atoms with E-state index in [1.165, 1.54) is 122 Å². The van der Waals surface area contributed by atoms with Crippen LogP contribution in [0.3, 0.4) is 0 Å². The van der Waals surface area contributed by atoms with Gasteiger partial charge in [-0.25, -0.2) is 4.57 Å². The van der Waals surface area contributed by atoms with Gasteiger partial charge in [-0.3, -0.25) is 18.6 Å². The van der Waals surface area contributed by atoms with Gasteiger partial charge in [0.05, 0.1) is 13.2 Å². The molecule has 0 fully saturated rings. The van der Waals surface area contributed by atoms with E-state index in [2.05, 4.69) is 67.8 Å². The van der Waals surface area contributed by atoms with Gasteiger partial charge in [0, 0.05) is 19.4 Å². The molecule has 0 spiro atoms. The zero-order valence-electron chi connectivity index (χ0n) is 37.9. The van der Waals surface area contributed by atoms with Gasteiger partial charge < -0.3 is 20.1 Å². The second-order valence-corrected chi connectivity index (χ2v) is 17.5. The fourth-order valence-electron chi connectivity index (χ4n) is 6.56. The number of aliphatic hydroxyl groups is 1. The maximum absolute atomic E-state index is 12.1. The highest BCUT2D eigenvalue weighted by Crippen LogP contribution is 2.42. The number of nitrogens with one attached hydrogen (secondary N) is 1. The van der Waals surface area contributed by atoms with Crippen molar-refractivity contribution in [1.29, 1.82) is 0 Å². The molecular weight excluding hydrogens is 762 g/mol. The molecule has 0 aromatic heterocycles. The van der Waals surface area contributed by atoms with Crippen LogP contribution in [-0.2, 0) is 27.9 Å². The third kappa shape index (κ3) is 46.9. The van der Waals surface area contributed by atoms with Crippen molar-refractivity contribution in [3.05, 3.63) is 48.6 Å². The van der Waals surface area contributed by atoms with Crippen LogP contribution in [0.1, 0.15) is 219 Å². The van der Waals surface area contributed by atoms with Crippen LogP contribution in [0.5, 0.6) is 0 Å². The molecule has 2 atom stereocenters. The SMILES string of the molecule is CCCCC/C=C\C/C=C\C/C=C\CCCCCCCCCCCCC(=O)NCCOP(=O)(O)OCC(O)COC(=O)CCCCCCC/C=C\CCCCCCCC. The maximum Gasteiger partial charge on any atom is 0.472 e. The molecule has 0 aromatic rings. The molecule has 0 aromatic carbocycles. The number of rotatable bonds is 45. The largest absolute Gasteiger partial charge is 0.472 e. The van der Waals surface area contributed by atoms with E-state index in [4.69, 9.17) is 13.8 Å². The number of ether oxygens (including phenoxy) is 1. The van der Waals surface area contributed by atoms with E-state index in [-0.39, 0.29) is 32.1 Å². The molecule has 0 aliphatic heterocycles. The van der Waals surface area contributed by atoms with Gasteiger partial charge in [-0.2, -0.15) is 0 Å². The quantitative estimate of drug-likeness (QED) is 0.0239. The first-order valence-electron chi connectivity index (χ1n) is 24.1. The van der Waals surface area contributed by atoms with Crippen LogP contribution in [0.2, 0.25) is 0 Å². The number of phosphoric acid groups is 1. The first-order chi connectivity index (χ1) is 28.8. The molecular formula is C49H90NO8P. The molecule has 1 amide bonds. The predicted octanol–water partition coefficient (Wildman–Crippen LogP) is 13.9. The summed E-state index contributed by atoms with van der Waals surface area (Å²) in [5, 5.41) is 12.7. The number of phosphoric ester groups is 1. The average Bonchev–Trinajstić information content (AvgIpc) is 3.22. The van der Waals surface area contributed by atoms with Gasteiger partial charge in [0.2, 0.25) is 5.91 Å². The van der Waals surface area contributed by atoms with Gasteiger partial charge in [-0.1, -0.05) is 178 Å². The van der Waals surface area contributed by atoms with E-state index in [0.717, 1.165) is 70.6 Å². The molecule has 0 rings (SSSR count). The highest BCUT2D eigenvalue weighted by Gasteiger charge is 2.23. The Bertz CT molecular complexity index is 1110. The van der Waals surface area contributed by atoms with Crippen LogP contribution in [0, 0.1) is 0 Å². The number of unbranched alkanes of at least 4 members (excludes halogenated alkanes) is 24. The third-order valence-corrected chi connectivity index (χ3v) is 11.2. The Kier molecular flexibility index (Phi) is 43.9. The Hall–Kier alpha value is -2.03. The molecule has 0 aliphatic rings. The number of aliphatic hydroxyl groups excluding tert-OH is 1. The molecule has 3 N–H and O–H groups in total. The van der Waals surface area contributed by atoms with Gasteiger partial charge in [-0.15, -0.1) is 0 Å². The van der Waals surface area contributed by atoms with Crippen LogP contribution in [-0.4, -0.2) is 54.3 Å². The number of hydrogen-bond acceptors (Lipinski definition) is 7. The van der Waals surface area contributed by atoms with Crippen molar-refractivity contribution < 1.29 is 37.9 Å². The molecule has 0 radical (unpaired) electrons. The molecule has 9 nitrogen and oxygen atoms in total. The minimum atomic E-state index is -4.42. The highest BCUT2D eigenvalue weighted by atomic mass is 31.2. The molecule has 344 valence electrons.